The number of nitro benzene ring substituents is 1. The van der Waals surface area contributed by atoms with Crippen LogP contribution in [0.25, 0.3) is 11.3 Å². The fourth-order valence-corrected chi connectivity index (χ4v) is 4.48. The van der Waals surface area contributed by atoms with Crippen molar-refractivity contribution in [3.63, 3.8) is 0 Å². The van der Waals surface area contributed by atoms with Gasteiger partial charge in [0.15, 0.2) is 11.5 Å². The van der Waals surface area contributed by atoms with E-state index >= 15 is 0 Å². The molecule has 0 atom stereocenters. The number of benzene rings is 2. The molecule has 13 heteroatoms. The van der Waals surface area contributed by atoms with Crippen LogP contribution < -0.4 is 20.7 Å². The maximum Gasteiger partial charge on any atom is 0.324 e. The van der Waals surface area contributed by atoms with Gasteiger partial charge < -0.3 is 15.4 Å². The number of carbonyl (C=O) groups excluding carboxylic acids is 1. The molecule has 3 N–H and O–H groups in total. The SMILES string of the molecule is Cc1cc(NC(=O)Nc2cc(C(C)(C)C)nn2-c2cccc([N+](=O)[O-])c2)ccc1Oc1cn2ccnc2c(NC2CC2)n1. The molecule has 6 rings (SSSR count). The van der Waals surface area contributed by atoms with E-state index in [-0.39, 0.29) is 11.1 Å². The number of imidazole rings is 1. The Morgan fingerprint density at radius 3 is 2.65 bits per heavy atom. The average Bonchev–Trinajstić information content (AvgIpc) is 3.45. The summed E-state index contributed by atoms with van der Waals surface area (Å²) in [5, 5.41) is 25.1. The van der Waals surface area contributed by atoms with Crippen LogP contribution in [0.2, 0.25) is 0 Å². The Hall–Kier alpha value is -5.46. The Kier molecular flexibility index (Phi) is 6.92. The van der Waals surface area contributed by atoms with Crippen LogP contribution in [0.5, 0.6) is 11.6 Å². The van der Waals surface area contributed by atoms with Gasteiger partial charge in [0.1, 0.15) is 11.6 Å². The van der Waals surface area contributed by atoms with Gasteiger partial charge in [0.2, 0.25) is 5.88 Å². The molecule has 1 aliphatic rings. The van der Waals surface area contributed by atoms with E-state index in [2.05, 4.69) is 31.0 Å². The minimum atomic E-state index is -0.497. The van der Waals surface area contributed by atoms with Gasteiger partial charge in [0.25, 0.3) is 5.69 Å². The van der Waals surface area contributed by atoms with Gasteiger partial charge in [-0.05, 0) is 49.6 Å². The molecule has 220 valence electrons. The third-order valence-corrected chi connectivity index (χ3v) is 6.92. The monoisotopic (exact) mass is 581 g/mol. The number of fused-ring (bicyclic) bond motifs is 1. The van der Waals surface area contributed by atoms with Crippen LogP contribution in [0.4, 0.5) is 27.8 Å². The molecule has 1 aliphatic carbocycles. The quantitative estimate of drug-likeness (QED) is 0.140. The number of carbonyl (C=O) groups is 1. The van der Waals surface area contributed by atoms with Crippen molar-refractivity contribution in [2.45, 2.75) is 52.0 Å². The number of aryl methyl sites for hydroxylation is 1. The zero-order valence-electron chi connectivity index (χ0n) is 24.2. The van der Waals surface area contributed by atoms with Gasteiger partial charge in [0, 0.05) is 47.7 Å². The van der Waals surface area contributed by atoms with E-state index in [9.17, 15) is 14.9 Å². The Labute approximate surface area is 247 Å². The van der Waals surface area contributed by atoms with Crippen molar-refractivity contribution in [1.82, 2.24) is 24.1 Å². The van der Waals surface area contributed by atoms with Crippen molar-refractivity contribution < 1.29 is 14.5 Å². The van der Waals surface area contributed by atoms with Crippen LogP contribution in [0.3, 0.4) is 0 Å². The number of ether oxygens (including phenoxy) is 1. The number of nitrogens with zero attached hydrogens (tertiary/aromatic N) is 6. The van der Waals surface area contributed by atoms with Gasteiger partial charge in [-0.15, -0.1) is 0 Å². The highest BCUT2D eigenvalue weighted by Crippen LogP contribution is 2.31. The van der Waals surface area contributed by atoms with Crippen LogP contribution in [0, 0.1) is 17.0 Å². The largest absolute Gasteiger partial charge is 0.437 e. The predicted octanol–water partition coefficient (Wildman–Crippen LogP) is 6.44. The number of hydrogen-bond donors (Lipinski definition) is 3. The molecule has 0 spiro atoms. The Morgan fingerprint density at radius 2 is 1.93 bits per heavy atom. The third kappa shape index (κ3) is 6.10. The molecule has 43 heavy (non-hydrogen) atoms. The van der Waals surface area contributed by atoms with E-state index in [1.54, 1.807) is 48.8 Å². The molecule has 0 aliphatic heterocycles. The van der Waals surface area contributed by atoms with Gasteiger partial charge in [-0.2, -0.15) is 10.1 Å². The lowest BCUT2D eigenvalue weighted by atomic mass is 9.92. The number of rotatable bonds is 8. The summed E-state index contributed by atoms with van der Waals surface area (Å²) < 4.78 is 9.48. The second kappa shape index (κ2) is 10.7. The minimum Gasteiger partial charge on any atom is -0.437 e. The normalized spacial score (nSPS) is 13.1. The number of nitrogens with one attached hydrogen (secondary N) is 3. The maximum atomic E-state index is 13.1. The van der Waals surface area contributed by atoms with Crippen LogP contribution in [-0.4, -0.2) is 41.1 Å². The number of hydrogen-bond acceptors (Lipinski definition) is 8. The number of amides is 2. The lowest BCUT2D eigenvalue weighted by molar-refractivity contribution is -0.384. The van der Waals surface area contributed by atoms with E-state index in [1.165, 1.54) is 16.8 Å². The van der Waals surface area contributed by atoms with Crippen molar-refractivity contribution >= 4 is 34.7 Å². The Bertz CT molecular complexity index is 1850. The summed E-state index contributed by atoms with van der Waals surface area (Å²) in [5.74, 6) is 2.06. The van der Waals surface area contributed by atoms with Crippen molar-refractivity contribution in [3.8, 4) is 17.3 Å². The number of urea groups is 1. The van der Waals surface area contributed by atoms with Crippen molar-refractivity contribution in [2.24, 2.45) is 0 Å². The topological polar surface area (TPSA) is 154 Å². The smallest absolute Gasteiger partial charge is 0.324 e. The van der Waals surface area contributed by atoms with Crippen LogP contribution in [0.1, 0.15) is 44.9 Å². The molecule has 1 saturated carbocycles. The molecular weight excluding hydrogens is 550 g/mol. The van der Waals surface area contributed by atoms with Gasteiger partial charge in [0.05, 0.1) is 22.5 Å². The highest BCUT2D eigenvalue weighted by Gasteiger charge is 2.24. The molecule has 2 amide bonds. The number of nitro groups is 1. The van der Waals surface area contributed by atoms with Crippen molar-refractivity contribution in [2.75, 3.05) is 16.0 Å². The summed E-state index contributed by atoms with van der Waals surface area (Å²) in [6, 6.07) is 13.1. The summed E-state index contributed by atoms with van der Waals surface area (Å²) >= 11 is 0. The molecular formula is C30H31N9O4. The first-order valence-corrected chi connectivity index (χ1v) is 13.9. The molecule has 3 heterocycles. The fraction of sp³-hybridized carbons (Fsp3) is 0.267. The van der Waals surface area contributed by atoms with Gasteiger partial charge in [-0.3, -0.25) is 19.8 Å². The molecule has 2 aromatic carbocycles. The Balaban J connectivity index is 1.19. The second-order valence-corrected chi connectivity index (χ2v) is 11.5. The summed E-state index contributed by atoms with van der Waals surface area (Å²) in [7, 11) is 0. The summed E-state index contributed by atoms with van der Waals surface area (Å²) in [6.07, 6.45) is 7.55. The highest BCUT2D eigenvalue weighted by atomic mass is 16.6. The molecule has 0 bridgehead atoms. The van der Waals surface area contributed by atoms with Gasteiger partial charge in [-0.1, -0.05) is 26.8 Å². The van der Waals surface area contributed by atoms with Crippen LogP contribution in [0.15, 0.2) is 67.1 Å². The summed E-state index contributed by atoms with van der Waals surface area (Å²) in [5.41, 5.74) is 2.85. The number of anilines is 3. The number of aromatic nitrogens is 5. The van der Waals surface area contributed by atoms with Crippen molar-refractivity contribution in [1.29, 1.82) is 0 Å². The summed E-state index contributed by atoms with van der Waals surface area (Å²) in [6.45, 7) is 7.87. The molecule has 1 fully saturated rings. The highest BCUT2D eigenvalue weighted by molar-refractivity contribution is 5.99. The number of non-ortho nitro benzene ring substituents is 1. The first kappa shape index (κ1) is 27.7. The van der Waals surface area contributed by atoms with E-state index in [0.717, 1.165) is 24.1 Å². The third-order valence-electron chi connectivity index (χ3n) is 6.92. The fourth-order valence-electron chi connectivity index (χ4n) is 4.48. The van der Waals surface area contributed by atoms with E-state index < -0.39 is 11.0 Å². The predicted molar refractivity (Wildman–Crippen MR) is 162 cm³/mol. The standard InChI is InChI=1S/C30H31N9O4/c1-18-14-20(10-11-23(18)43-26-17-37-13-12-31-28(37)27(35-26)32-19-8-9-19)33-29(40)34-25-16-24(30(2,3)4)36-38(25)21-6-5-7-22(15-21)39(41)42/h5-7,10-17,19H,8-9H2,1-4H3,(H,32,35)(H2,33,34,40). The summed E-state index contributed by atoms with van der Waals surface area (Å²) in [4.78, 5) is 33.0. The van der Waals surface area contributed by atoms with Crippen LogP contribution in [-0.2, 0) is 5.41 Å². The zero-order valence-corrected chi connectivity index (χ0v) is 24.2. The molecule has 0 saturated heterocycles. The lowest BCUT2D eigenvalue weighted by Crippen LogP contribution is -2.21. The first-order valence-electron chi connectivity index (χ1n) is 13.9. The van der Waals surface area contributed by atoms with Crippen molar-refractivity contribution in [3.05, 3.63) is 88.5 Å². The molecule has 0 radical (unpaired) electrons. The van der Waals surface area contributed by atoms with Crippen LogP contribution >= 0.6 is 0 Å². The average molecular weight is 582 g/mol. The maximum absolute atomic E-state index is 13.1. The minimum absolute atomic E-state index is 0.0750. The lowest BCUT2D eigenvalue weighted by Gasteiger charge is -2.14. The molecule has 13 nitrogen and oxygen atoms in total. The molecule has 0 unspecified atom stereocenters. The molecule has 5 aromatic rings. The Morgan fingerprint density at radius 1 is 1.12 bits per heavy atom. The van der Waals surface area contributed by atoms with Gasteiger partial charge >= 0.3 is 6.03 Å². The van der Waals surface area contributed by atoms with E-state index in [4.69, 9.17) is 4.74 Å². The van der Waals surface area contributed by atoms with Gasteiger partial charge in [-0.25, -0.2) is 14.5 Å². The second-order valence-electron chi connectivity index (χ2n) is 11.5. The van der Waals surface area contributed by atoms with E-state index in [1.807, 2.05) is 38.3 Å². The first-order chi connectivity index (χ1) is 20.5. The zero-order chi connectivity index (χ0) is 30.3. The van der Waals surface area contributed by atoms with E-state index in [0.29, 0.717) is 46.4 Å². The molecule has 3 aromatic heterocycles.